The zero-order valence-electron chi connectivity index (χ0n) is 19.8. The van der Waals surface area contributed by atoms with Crippen LogP contribution in [0.5, 0.6) is 0 Å². The molecule has 30 heavy (non-hydrogen) atoms. The van der Waals surface area contributed by atoms with Gasteiger partial charge in [0.2, 0.25) is 0 Å². The quantitative estimate of drug-likeness (QED) is 0.157. The van der Waals surface area contributed by atoms with Crippen molar-refractivity contribution in [3.63, 3.8) is 0 Å². The molecule has 0 saturated heterocycles. The van der Waals surface area contributed by atoms with Crippen molar-refractivity contribution in [2.45, 2.75) is 136 Å². The van der Waals surface area contributed by atoms with E-state index in [0.29, 0.717) is 19.3 Å². The van der Waals surface area contributed by atoms with Gasteiger partial charge in [0.25, 0.3) is 0 Å². The maximum absolute atomic E-state index is 11.8. The van der Waals surface area contributed by atoms with Crippen molar-refractivity contribution in [1.82, 2.24) is 0 Å². The van der Waals surface area contributed by atoms with Gasteiger partial charge in [0.1, 0.15) is 6.61 Å². The smallest absolute Gasteiger partial charge is 0.306 e. The molecule has 0 heterocycles. The Morgan fingerprint density at radius 1 is 0.633 bits per heavy atom. The summed E-state index contributed by atoms with van der Waals surface area (Å²) in [4.78, 5) is 23.2. The van der Waals surface area contributed by atoms with Crippen LogP contribution in [0, 0.1) is 0 Å². The molecule has 1 atom stereocenters. The summed E-state index contributed by atoms with van der Waals surface area (Å²) in [7, 11) is 0. The number of esters is 2. The first-order chi connectivity index (χ1) is 14.6. The van der Waals surface area contributed by atoms with E-state index in [9.17, 15) is 14.7 Å². The molecule has 0 aromatic rings. The Hall–Kier alpha value is -1.10. The van der Waals surface area contributed by atoms with E-state index in [2.05, 4.69) is 6.92 Å². The van der Waals surface area contributed by atoms with E-state index in [1.54, 1.807) is 0 Å². The highest BCUT2D eigenvalue weighted by molar-refractivity contribution is 5.70. The molecule has 0 aliphatic rings. The molecule has 5 heteroatoms. The Morgan fingerprint density at radius 2 is 1.10 bits per heavy atom. The number of unbranched alkanes of at least 4 members (excludes halogenated alkanes) is 14. The van der Waals surface area contributed by atoms with Gasteiger partial charge in [-0.1, -0.05) is 104 Å². The third-order valence-corrected chi connectivity index (χ3v) is 5.37. The molecule has 178 valence electrons. The molecule has 0 fully saturated rings. The van der Waals surface area contributed by atoms with Crippen LogP contribution in [0.25, 0.3) is 0 Å². The molecule has 1 N–H and O–H groups in total. The Labute approximate surface area is 185 Å². The molecule has 0 amide bonds. The summed E-state index contributed by atoms with van der Waals surface area (Å²) in [5.41, 5.74) is 0. The van der Waals surface area contributed by atoms with Gasteiger partial charge in [-0.15, -0.1) is 0 Å². The van der Waals surface area contributed by atoms with Gasteiger partial charge in [0.15, 0.2) is 6.10 Å². The van der Waals surface area contributed by atoms with Crippen molar-refractivity contribution in [2.75, 3.05) is 13.2 Å². The molecule has 0 aliphatic carbocycles. The number of aliphatic hydroxyl groups is 1. The van der Waals surface area contributed by atoms with E-state index >= 15 is 0 Å². The lowest BCUT2D eigenvalue weighted by Gasteiger charge is -2.15. The van der Waals surface area contributed by atoms with Crippen LogP contribution in [0.4, 0.5) is 0 Å². The molecule has 1 unspecified atom stereocenters. The summed E-state index contributed by atoms with van der Waals surface area (Å²) in [5.74, 6) is -0.648. The zero-order valence-corrected chi connectivity index (χ0v) is 19.8. The van der Waals surface area contributed by atoms with Crippen molar-refractivity contribution in [2.24, 2.45) is 0 Å². The van der Waals surface area contributed by atoms with Crippen LogP contribution in [-0.4, -0.2) is 36.4 Å². The van der Waals surface area contributed by atoms with Crippen molar-refractivity contribution < 1.29 is 24.2 Å². The maximum Gasteiger partial charge on any atom is 0.306 e. The monoisotopic (exact) mass is 428 g/mol. The lowest BCUT2D eigenvalue weighted by atomic mass is 10.0. The fourth-order valence-corrected chi connectivity index (χ4v) is 3.47. The fourth-order valence-electron chi connectivity index (χ4n) is 3.47. The summed E-state index contributed by atoms with van der Waals surface area (Å²) in [6.07, 6.45) is 20.0. The normalized spacial score (nSPS) is 12.0. The molecular weight excluding hydrogens is 380 g/mol. The van der Waals surface area contributed by atoms with Crippen molar-refractivity contribution in [3.05, 3.63) is 0 Å². The minimum Gasteiger partial charge on any atom is -0.462 e. The standard InChI is InChI=1S/C25H48O5/c1-3-5-6-7-8-9-10-11-12-13-14-15-16-17-18-20-24(27)29-22-23(21-26)30-25(28)19-4-2/h23,26H,3-22H2,1-2H3. The summed E-state index contributed by atoms with van der Waals surface area (Å²) in [6.45, 7) is 3.75. The molecule has 0 aromatic heterocycles. The number of carbonyl (C=O) groups excluding carboxylic acids is 2. The Kier molecular flexibility index (Phi) is 21.8. The third-order valence-electron chi connectivity index (χ3n) is 5.37. The van der Waals surface area contributed by atoms with Crippen LogP contribution in [0.2, 0.25) is 0 Å². The average molecular weight is 429 g/mol. The molecule has 0 aliphatic heterocycles. The topological polar surface area (TPSA) is 72.8 Å². The molecular formula is C25H48O5. The van der Waals surface area contributed by atoms with Crippen LogP contribution in [-0.2, 0) is 19.1 Å². The highest BCUT2D eigenvalue weighted by atomic mass is 16.6. The maximum atomic E-state index is 11.8. The number of aliphatic hydroxyl groups excluding tert-OH is 1. The van der Waals surface area contributed by atoms with Gasteiger partial charge < -0.3 is 14.6 Å². The lowest BCUT2D eigenvalue weighted by molar-refractivity contribution is -0.161. The predicted molar refractivity (Wildman–Crippen MR) is 122 cm³/mol. The average Bonchev–Trinajstić information content (AvgIpc) is 2.74. The van der Waals surface area contributed by atoms with Gasteiger partial charge in [-0.25, -0.2) is 0 Å². The predicted octanol–water partition coefficient (Wildman–Crippen LogP) is 6.50. The number of carbonyl (C=O) groups is 2. The van der Waals surface area contributed by atoms with E-state index in [4.69, 9.17) is 9.47 Å². The van der Waals surface area contributed by atoms with Gasteiger partial charge in [-0.05, 0) is 12.8 Å². The summed E-state index contributed by atoms with van der Waals surface area (Å²) in [5, 5.41) is 9.20. The van der Waals surface area contributed by atoms with Crippen LogP contribution in [0.3, 0.4) is 0 Å². The second kappa shape index (κ2) is 22.6. The SMILES string of the molecule is CCCCCCCCCCCCCCCCCC(=O)OCC(CO)OC(=O)CCC. The minimum atomic E-state index is -0.756. The number of rotatable bonds is 22. The molecule has 0 bridgehead atoms. The summed E-state index contributed by atoms with van der Waals surface area (Å²) in [6, 6.07) is 0. The molecule has 0 rings (SSSR count). The Bertz CT molecular complexity index is 397. The van der Waals surface area contributed by atoms with Crippen LogP contribution in [0.15, 0.2) is 0 Å². The zero-order chi connectivity index (χ0) is 22.3. The first-order valence-electron chi connectivity index (χ1n) is 12.6. The van der Waals surface area contributed by atoms with Crippen LogP contribution >= 0.6 is 0 Å². The number of hydrogen-bond acceptors (Lipinski definition) is 5. The van der Waals surface area contributed by atoms with Crippen molar-refractivity contribution >= 4 is 11.9 Å². The Balaban J connectivity index is 3.39. The molecule has 0 radical (unpaired) electrons. The Morgan fingerprint density at radius 3 is 1.53 bits per heavy atom. The van der Waals surface area contributed by atoms with Crippen molar-refractivity contribution in [1.29, 1.82) is 0 Å². The van der Waals surface area contributed by atoms with E-state index in [1.807, 2.05) is 6.92 Å². The molecule has 0 spiro atoms. The number of hydrogen-bond donors (Lipinski definition) is 1. The first-order valence-corrected chi connectivity index (χ1v) is 12.6. The van der Waals surface area contributed by atoms with Gasteiger partial charge in [-0.3, -0.25) is 9.59 Å². The molecule has 0 aromatic carbocycles. The highest BCUT2D eigenvalue weighted by Gasteiger charge is 2.15. The summed E-state index contributed by atoms with van der Waals surface area (Å²) >= 11 is 0. The van der Waals surface area contributed by atoms with E-state index in [0.717, 1.165) is 12.8 Å². The highest BCUT2D eigenvalue weighted by Crippen LogP contribution is 2.14. The molecule has 0 saturated carbocycles. The minimum absolute atomic E-state index is 0.0659. The van der Waals surface area contributed by atoms with Crippen LogP contribution < -0.4 is 0 Å². The second-order valence-electron chi connectivity index (χ2n) is 8.43. The third kappa shape index (κ3) is 20.2. The van der Waals surface area contributed by atoms with Gasteiger partial charge in [0, 0.05) is 12.8 Å². The van der Waals surface area contributed by atoms with Gasteiger partial charge in [-0.2, -0.15) is 0 Å². The largest absolute Gasteiger partial charge is 0.462 e. The first kappa shape index (κ1) is 28.9. The van der Waals surface area contributed by atoms with Crippen molar-refractivity contribution in [3.8, 4) is 0 Å². The summed E-state index contributed by atoms with van der Waals surface area (Å²) < 4.78 is 10.2. The van der Waals surface area contributed by atoms with Gasteiger partial charge >= 0.3 is 11.9 Å². The van der Waals surface area contributed by atoms with E-state index < -0.39 is 6.10 Å². The lowest BCUT2D eigenvalue weighted by Crippen LogP contribution is -2.28. The van der Waals surface area contributed by atoms with E-state index in [-0.39, 0.29) is 25.2 Å². The van der Waals surface area contributed by atoms with Crippen LogP contribution in [0.1, 0.15) is 129 Å². The number of ether oxygens (including phenoxy) is 2. The second-order valence-corrected chi connectivity index (χ2v) is 8.43. The molecule has 5 nitrogen and oxygen atoms in total. The van der Waals surface area contributed by atoms with Gasteiger partial charge in [0.05, 0.1) is 6.61 Å². The fraction of sp³-hybridized carbons (Fsp3) is 0.920. The van der Waals surface area contributed by atoms with E-state index in [1.165, 1.54) is 83.5 Å².